The summed E-state index contributed by atoms with van der Waals surface area (Å²) in [5.41, 5.74) is 1.09. The largest absolute Gasteiger partial charge is 0.314 e. The molecular formula is C13H19ClFN. The first-order valence-corrected chi connectivity index (χ1v) is 6.22. The maximum absolute atomic E-state index is 13.0. The summed E-state index contributed by atoms with van der Waals surface area (Å²) in [5, 5.41) is 3.64. The topological polar surface area (TPSA) is 12.0 Å². The molecule has 0 saturated heterocycles. The average Bonchev–Trinajstić information content (AvgIpc) is 2.24. The molecule has 0 aromatic heterocycles. The molecule has 1 rings (SSSR count). The maximum atomic E-state index is 13.0. The van der Waals surface area contributed by atoms with E-state index in [0.29, 0.717) is 6.04 Å². The first-order chi connectivity index (χ1) is 7.67. The van der Waals surface area contributed by atoms with Gasteiger partial charge in [0.2, 0.25) is 0 Å². The number of nitrogens with one attached hydrogen (secondary N) is 1. The van der Waals surface area contributed by atoms with Crippen LogP contribution in [-0.2, 0) is 6.42 Å². The van der Waals surface area contributed by atoms with E-state index in [1.54, 1.807) is 12.1 Å². The van der Waals surface area contributed by atoms with Crippen molar-refractivity contribution in [1.82, 2.24) is 5.32 Å². The maximum Gasteiger partial charge on any atom is 0.141 e. The summed E-state index contributed by atoms with van der Waals surface area (Å²) in [7, 11) is 0. The fourth-order valence-electron chi connectivity index (χ4n) is 1.86. The van der Waals surface area contributed by atoms with Gasteiger partial charge in [-0.05, 0) is 37.1 Å². The fraction of sp³-hybridized carbons (Fsp3) is 0.538. The number of likely N-dealkylation sites (N-methyl/N-ethyl adjacent to an activating group) is 1. The lowest BCUT2D eigenvalue weighted by Crippen LogP contribution is -2.30. The van der Waals surface area contributed by atoms with Crippen LogP contribution in [0.4, 0.5) is 4.39 Å². The van der Waals surface area contributed by atoms with E-state index in [1.807, 2.05) is 0 Å². The first kappa shape index (κ1) is 13.5. The quantitative estimate of drug-likeness (QED) is 0.802. The molecular weight excluding hydrogens is 225 g/mol. The van der Waals surface area contributed by atoms with Gasteiger partial charge in [0.05, 0.1) is 5.02 Å². The molecule has 90 valence electrons. The molecule has 0 fully saturated rings. The van der Waals surface area contributed by atoms with Gasteiger partial charge in [-0.2, -0.15) is 0 Å². The van der Waals surface area contributed by atoms with Crippen LogP contribution in [0.15, 0.2) is 18.2 Å². The minimum atomic E-state index is -0.346. The number of hydrogen-bond acceptors (Lipinski definition) is 1. The summed E-state index contributed by atoms with van der Waals surface area (Å²) < 4.78 is 13.0. The normalized spacial score (nSPS) is 12.8. The Hall–Kier alpha value is -0.600. The SMILES string of the molecule is CCCC(Cc1ccc(F)c(Cl)c1)NCC. The molecule has 1 aromatic carbocycles. The van der Waals surface area contributed by atoms with Gasteiger partial charge in [0, 0.05) is 6.04 Å². The van der Waals surface area contributed by atoms with E-state index in [2.05, 4.69) is 19.2 Å². The van der Waals surface area contributed by atoms with Crippen molar-refractivity contribution in [3.8, 4) is 0 Å². The van der Waals surface area contributed by atoms with Crippen LogP contribution in [0, 0.1) is 5.82 Å². The van der Waals surface area contributed by atoms with E-state index in [4.69, 9.17) is 11.6 Å². The first-order valence-electron chi connectivity index (χ1n) is 5.84. The third-order valence-corrected chi connectivity index (χ3v) is 2.89. The smallest absolute Gasteiger partial charge is 0.141 e. The molecule has 3 heteroatoms. The van der Waals surface area contributed by atoms with Crippen molar-refractivity contribution in [2.75, 3.05) is 6.54 Å². The van der Waals surface area contributed by atoms with Crippen molar-refractivity contribution in [3.63, 3.8) is 0 Å². The van der Waals surface area contributed by atoms with Crippen molar-refractivity contribution >= 4 is 11.6 Å². The Morgan fingerprint density at radius 1 is 1.38 bits per heavy atom. The van der Waals surface area contributed by atoms with Gasteiger partial charge < -0.3 is 5.32 Å². The van der Waals surface area contributed by atoms with Crippen molar-refractivity contribution in [2.45, 2.75) is 39.2 Å². The second-order valence-corrected chi connectivity index (χ2v) is 4.40. The summed E-state index contributed by atoms with van der Waals surface area (Å²) in [5.74, 6) is -0.346. The Morgan fingerprint density at radius 3 is 2.69 bits per heavy atom. The van der Waals surface area contributed by atoms with Crippen LogP contribution < -0.4 is 5.32 Å². The monoisotopic (exact) mass is 243 g/mol. The number of benzene rings is 1. The molecule has 16 heavy (non-hydrogen) atoms. The third-order valence-electron chi connectivity index (χ3n) is 2.60. The van der Waals surface area contributed by atoms with Crippen LogP contribution in [0.25, 0.3) is 0 Å². The van der Waals surface area contributed by atoms with E-state index in [-0.39, 0.29) is 10.8 Å². The lowest BCUT2D eigenvalue weighted by atomic mass is 10.0. The van der Waals surface area contributed by atoms with Crippen LogP contribution >= 0.6 is 11.6 Å². The van der Waals surface area contributed by atoms with Gasteiger partial charge in [-0.3, -0.25) is 0 Å². The lowest BCUT2D eigenvalue weighted by Gasteiger charge is -2.17. The third kappa shape index (κ3) is 4.11. The van der Waals surface area contributed by atoms with Gasteiger partial charge in [0.15, 0.2) is 0 Å². The van der Waals surface area contributed by atoms with E-state index >= 15 is 0 Å². The van der Waals surface area contributed by atoms with E-state index < -0.39 is 0 Å². The minimum absolute atomic E-state index is 0.212. The van der Waals surface area contributed by atoms with Gasteiger partial charge in [-0.1, -0.05) is 37.9 Å². The Kier molecular flexibility index (Phi) is 5.78. The molecule has 0 bridgehead atoms. The minimum Gasteiger partial charge on any atom is -0.314 e. The zero-order valence-corrected chi connectivity index (χ0v) is 10.6. The molecule has 1 N–H and O–H groups in total. The Labute approximate surface area is 102 Å². The molecule has 0 aliphatic heterocycles. The van der Waals surface area contributed by atoms with Crippen LogP contribution in [0.5, 0.6) is 0 Å². The lowest BCUT2D eigenvalue weighted by molar-refractivity contribution is 0.485. The predicted molar refractivity (Wildman–Crippen MR) is 67.5 cm³/mol. The van der Waals surface area contributed by atoms with Gasteiger partial charge >= 0.3 is 0 Å². The van der Waals surface area contributed by atoms with Crippen LogP contribution in [0.2, 0.25) is 5.02 Å². The Bertz CT molecular complexity index is 322. The summed E-state index contributed by atoms with van der Waals surface area (Å²) in [6.45, 7) is 5.22. The second kappa shape index (κ2) is 6.87. The molecule has 0 amide bonds. The summed E-state index contributed by atoms with van der Waals surface area (Å²) in [4.78, 5) is 0. The van der Waals surface area contributed by atoms with Crippen molar-refractivity contribution in [1.29, 1.82) is 0 Å². The predicted octanol–water partition coefficient (Wildman–Crippen LogP) is 3.80. The molecule has 0 heterocycles. The zero-order valence-electron chi connectivity index (χ0n) is 9.89. The van der Waals surface area contributed by atoms with Gasteiger partial charge in [-0.15, -0.1) is 0 Å². The highest BCUT2D eigenvalue weighted by Crippen LogP contribution is 2.17. The zero-order chi connectivity index (χ0) is 12.0. The molecule has 1 nitrogen and oxygen atoms in total. The van der Waals surface area contributed by atoms with Crippen LogP contribution in [0.1, 0.15) is 32.3 Å². The van der Waals surface area contributed by atoms with Gasteiger partial charge in [0.1, 0.15) is 5.82 Å². The van der Waals surface area contributed by atoms with Crippen LogP contribution in [0.3, 0.4) is 0 Å². The molecule has 0 spiro atoms. The van der Waals surface area contributed by atoms with Gasteiger partial charge in [-0.25, -0.2) is 4.39 Å². The Balaban J connectivity index is 2.65. The molecule has 1 aromatic rings. The van der Waals surface area contributed by atoms with Crippen molar-refractivity contribution in [2.24, 2.45) is 0 Å². The summed E-state index contributed by atoms with van der Waals surface area (Å²) >= 11 is 5.76. The molecule has 0 saturated carbocycles. The molecule has 1 atom stereocenters. The Morgan fingerprint density at radius 2 is 2.12 bits per heavy atom. The molecule has 0 radical (unpaired) electrons. The summed E-state index contributed by atoms with van der Waals surface area (Å²) in [6.07, 6.45) is 3.18. The molecule has 0 aliphatic rings. The van der Waals surface area contributed by atoms with Crippen molar-refractivity contribution in [3.05, 3.63) is 34.6 Å². The highest BCUT2D eigenvalue weighted by molar-refractivity contribution is 6.30. The highest BCUT2D eigenvalue weighted by Gasteiger charge is 2.08. The molecule has 1 unspecified atom stereocenters. The summed E-state index contributed by atoms with van der Waals surface area (Å²) in [6, 6.07) is 5.42. The number of halogens is 2. The number of hydrogen-bond donors (Lipinski definition) is 1. The van der Waals surface area contributed by atoms with E-state index in [1.165, 1.54) is 6.07 Å². The van der Waals surface area contributed by atoms with E-state index in [9.17, 15) is 4.39 Å². The standard InChI is InChI=1S/C13H19ClFN/c1-3-5-11(16-4-2)8-10-6-7-13(15)12(14)9-10/h6-7,9,11,16H,3-5,8H2,1-2H3. The van der Waals surface area contributed by atoms with Crippen LogP contribution in [-0.4, -0.2) is 12.6 Å². The van der Waals surface area contributed by atoms with Crippen molar-refractivity contribution < 1.29 is 4.39 Å². The molecule has 0 aliphatic carbocycles. The van der Waals surface area contributed by atoms with Gasteiger partial charge in [0.25, 0.3) is 0 Å². The van der Waals surface area contributed by atoms with E-state index in [0.717, 1.165) is 31.4 Å². The fourth-order valence-corrected chi connectivity index (χ4v) is 2.07. The highest BCUT2D eigenvalue weighted by atomic mass is 35.5. The number of rotatable bonds is 6. The second-order valence-electron chi connectivity index (χ2n) is 4.00. The average molecular weight is 244 g/mol.